The molecule has 0 aromatic carbocycles. The molecule has 2 aliphatic heterocycles. The number of rotatable bonds is 0. The summed E-state index contributed by atoms with van der Waals surface area (Å²) < 4.78 is 0. The number of thioether (sulfide) groups is 1. The van der Waals surface area contributed by atoms with Crippen LogP contribution in [0.4, 0.5) is 0 Å². The molecule has 0 aromatic rings. The molecule has 1 N–H and O–H groups in total. The molecule has 1 saturated heterocycles. The van der Waals surface area contributed by atoms with Crippen molar-refractivity contribution >= 4 is 11.8 Å². The van der Waals surface area contributed by atoms with E-state index in [0.29, 0.717) is 5.37 Å². The molecule has 0 radical (unpaired) electrons. The van der Waals surface area contributed by atoms with Crippen molar-refractivity contribution in [3.05, 3.63) is 23.9 Å². The quantitative estimate of drug-likeness (QED) is 0.545. The fourth-order valence-electron chi connectivity index (χ4n) is 1.17. The third kappa shape index (κ3) is 0.874. The van der Waals surface area contributed by atoms with E-state index in [1.165, 1.54) is 12.2 Å². The number of dihydropyridines is 1. The molecule has 9 heavy (non-hydrogen) atoms. The maximum Gasteiger partial charge on any atom is 0.0938 e. The Balaban J connectivity index is 2.23. The summed E-state index contributed by atoms with van der Waals surface area (Å²) in [7, 11) is 0. The topological polar surface area (TPSA) is 12.0 Å². The Hall–Kier alpha value is -0.370. The molecule has 0 bridgehead atoms. The predicted octanol–water partition coefficient (Wildman–Crippen LogP) is 1.49. The van der Waals surface area contributed by atoms with Crippen LogP contribution < -0.4 is 5.32 Å². The van der Waals surface area contributed by atoms with E-state index in [1.807, 2.05) is 18.0 Å². The van der Waals surface area contributed by atoms with Gasteiger partial charge in [-0.25, -0.2) is 0 Å². The van der Waals surface area contributed by atoms with Gasteiger partial charge in [0.2, 0.25) is 0 Å². The lowest BCUT2D eigenvalue weighted by Crippen LogP contribution is -2.20. The van der Waals surface area contributed by atoms with Gasteiger partial charge in [0.25, 0.3) is 0 Å². The van der Waals surface area contributed by atoms with E-state index in [-0.39, 0.29) is 0 Å². The molecule has 1 fully saturated rings. The first-order valence-electron chi connectivity index (χ1n) is 3.20. The normalized spacial score (nSPS) is 31.1. The number of allylic oxidation sites excluding steroid dienone is 2. The molecule has 2 aliphatic rings. The van der Waals surface area contributed by atoms with Gasteiger partial charge in [-0.05, 0) is 30.0 Å². The second-order valence-corrected chi connectivity index (χ2v) is 3.48. The van der Waals surface area contributed by atoms with E-state index in [9.17, 15) is 0 Å². The SMILES string of the molecule is C1=CNC2SCCC2=C1. The summed E-state index contributed by atoms with van der Waals surface area (Å²) in [5.74, 6) is 1.28. The maximum atomic E-state index is 3.30. The second-order valence-electron chi connectivity index (χ2n) is 2.27. The average Bonchev–Trinajstić information content (AvgIpc) is 2.33. The van der Waals surface area contributed by atoms with Gasteiger partial charge in [0.05, 0.1) is 5.37 Å². The highest BCUT2D eigenvalue weighted by atomic mass is 32.2. The van der Waals surface area contributed by atoms with Gasteiger partial charge in [-0.3, -0.25) is 0 Å². The number of hydrogen-bond acceptors (Lipinski definition) is 2. The predicted molar refractivity (Wildman–Crippen MR) is 41.2 cm³/mol. The second kappa shape index (κ2) is 2.10. The van der Waals surface area contributed by atoms with Crippen molar-refractivity contribution in [3.8, 4) is 0 Å². The zero-order chi connectivity index (χ0) is 6.10. The molecule has 0 saturated carbocycles. The molecule has 1 nitrogen and oxygen atoms in total. The van der Waals surface area contributed by atoms with Crippen LogP contribution in [0.15, 0.2) is 23.9 Å². The first-order chi connectivity index (χ1) is 4.47. The van der Waals surface area contributed by atoms with Crippen LogP contribution >= 0.6 is 11.8 Å². The van der Waals surface area contributed by atoms with Crippen molar-refractivity contribution in [1.29, 1.82) is 0 Å². The van der Waals surface area contributed by atoms with Crippen molar-refractivity contribution in [1.82, 2.24) is 5.32 Å². The zero-order valence-corrected chi connectivity index (χ0v) is 5.95. The highest BCUT2D eigenvalue weighted by molar-refractivity contribution is 8.00. The fourth-order valence-corrected chi connectivity index (χ4v) is 2.35. The Bertz CT molecular complexity index is 172. The molecule has 1 atom stereocenters. The molecule has 0 aromatic heterocycles. The maximum absolute atomic E-state index is 3.30. The molecule has 2 rings (SSSR count). The third-order valence-corrected chi connectivity index (χ3v) is 2.88. The molecule has 2 heteroatoms. The first-order valence-corrected chi connectivity index (χ1v) is 4.25. The standard InChI is InChI=1S/C7H9NS/c1-2-6-3-5-9-7(6)8-4-1/h1-2,4,7-8H,3,5H2. The van der Waals surface area contributed by atoms with Gasteiger partial charge >= 0.3 is 0 Å². The Morgan fingerprint density at radius 2 is 2.67 bits per heavy atom. The van der Waals surface area contributed by atoms with E-state index in [2.05, 4.69) is 17.5 Å². The van der Waals surface area contributed by atoms with Crippen LogP contribution in [0.3, 0.4) is 0 Å². The van der Waals surface area contributed by atoms with Crippen LogP contribution in [0.2, 0.25) is 0 Å². The Labute approximate surface area is 59.2 Å². The number of hydrogen-bond donors (Lipinski definition) is 1. The van der Waals surface area contributed by atoms with Crippen LogP contribution in [0.5, 0.6) is 0 Å². The number of nitrogens with one attached hydrogen (secondary N) is 1. The smallest absolute Gasteiger partial charge is 0.0938 e. The van der Waals surface area contributed by atoms with Gasteiger partial charge in [-0.2, -0.15) is 0 Å². The molecule has 48 valence electrons. The Morgan fingerprint density at radius 3 is 3.56 bits per heavy atom. The highest BCUT2D eigenvalue weighted by Crippen LogP contribution is 2.30. The van der Waals surface area contributed by atoms with Crippen LogP contribution in [-0.2, 0) is 0 Å². The van der Waals surface area contributed by atoms with E-state index in [0.717, 1.165) is 0 Å². The van der Waals surface area contributed by atoms with Crippen LogP contribution in [0.25, 0.3) is 0 Å². The molecule has 0 spiro atoms. The van der Waals surface area contributed by atoms with Gasteiger partial charge in [0.15, 0.2) is 0 Å². The largest absolute Gasteiger partial charge is 0.376 e. The van der Waals surface area contributed by atoms with Gasteiger partial charge in [0.1, 0.15) is 0 Å². The third-order valence-electron chi connectivity index (χ3n) is 1.67. The summed E-state index contributed by atoms with van der Waals surface area (Å²) in [6, 6.07) is 0. The molecule has 2 heterocycles. The van der Waals surface area contributed by atoms with E-state index in [4.69, 9.17) is 0 Å². The zero-order valence-electron chi connectivity index (χ0n) is 5.13. The van der Waals surface area contributed by atoms with Crippen molar-refractivity contribution in [2.45, 2.75) is 11.8 Å². The van der Waals surface area contributed by atoms with Crippen molar-refractivity contribution < 1.29 is 0 Å². The Kier molecular flexibility index (Phi) is 1.27. The molecular weight excluding hydrogens is 130 g/mol. The Morgan fingerprint density at radius 1 is 1.67 bits per heavy atom. The van der Waals surface area contributed by atoms with Gasteiger partial charge in [-0.15, -0.1) is 11.8 Å². The molecular formula is C7H9NS. The van der Waals surface area contributed by atoms with Gasteiger partial charge in [0, 0.05) is 0 Å². The molecule has 0 amide bonds. The minimum absolute atomic E-state index is 0.606. The van der Waals surface area contributed by atoms with E-state index < -0.39 is 0 Å². The van der Waals surface area contributed by atoms with E-state index >= 15 is 0 Å². The van der Waals surface area contributed by atoms with E-state index in [1.54, 1.807) is 5.57 Å². The lowest BCUT2D eigenvalue weighted by atomic mass is 10.1. The summed E-state index contributed by atoms with van der Waals surface area (Å²) in [6.45, 7) is 0. The summed E-state index contributed by atoms with van der Waals surface area (Å²) in [5.41, 5.74) is 1.56. The molecule has 1 unspecified atom stereocenters. The first kappa shape index (κ1) is 5.42. The van der Waals surface area contributed by atoms with Crippen LogP contribution in [0.1, 0.15) is 6.42 Å². The minimum Gasteiger partial charge on any atom is -0.376 e. The summed E-state index contributed by atoms with van der Waals surface area (Å²) in [5, 5.41) is 3.90. The van der Waals surface area contributed by atoms with Gasteiger partial charge in [-0.1, -0.05) is 6.08 Å². The monoisotopic (exact) mass is 139 g/mol. The molecule has 0 aliphatic carbocycles. The minimum atomic E-state index is 0.606. The average molecular weight is 139 g/mol. The lowest BCUT2D eigenvalue weighted by molar-refractivity contribution is 0.855. The fraction of sp³-hybridized carbons (Fsp3) is 0.429. The van der Waals surface area contributed by atoms with Crippen molar-refractivity contribution in [2.75, 3.05) is 5.75 Å². The van der Waals surface area contributed by atoms with Crippen LogP contribution in [0, 0.1) is 0 Å². The highest BCUT2D eigenvalue weighted by Gasteiger charge is 2.20. The summed E-state index contributed by atoms with van der Waals surface area (Å²) >= 11 is 2.00. The van der Waals surface area contributed by atoms with Gasteiger partial charge < -0.3 is 5.32 Å². The van der Waals surface area contributed by atoms with Crippen LogP contribution in [-0.4, -0.2) is 11.1 Å². The summed E-state index contributed by atoms with van der Waals surface area (Å²) in [4.78, 5) is 0. The lowest BCUT2D eigenvalue weighted by Gasteiger charge is -2.13. The van der Waals surface area contributed by atoms with Crippen molar-refractivity contribution in [2.24, 2.45) is 0 Å². The summed E-state index contributed by atoms with van der Waals surface area (Å²) in [6.07, 6.45) is 7.60. The number of fused-ring (bicyclic) bond motifs is 1. The van der Waals surface area contributed by atoms with Crippen molar-refractivity contribution in [3.63, 3.8) is 0 Å².